The van der Waals surface area contributed by atoms with Gasteiger partial charge in [0.1, 0.15) is 0 Å². The lowest BCUT2D eigenvalue weighted by atomic mass is 10.2. The van der Waals surface area contributed by atoms with Gasteiger partial charge in [-0.1, -0.05) is 35.3 Å². The molecule has 7 heteroatoms. The summed E-state index contributed by atoms with van der Waals surface area (Å²) in [6.07, 6.45) is 0. The van der Waals surface area contributed by atoms with Gasteiger partial charge in [-0.2, -0.15) is 0 Å². The second-order valence-electron chi connectivity index (χ2n) is 4.94. The van der Waals surface area contributed by atoms with Crippen LogP contribution in [0.1, 0.15) is 17.5 Å². The maximum absolute atomic E-state index is 12.9. The quantitative estimate of drug-likeness (QED) is 0.663. The van der Waals surface area contributed by atoms with Gasteiger partial charge in [0.25, 0.3) is 5.56 Å². The van der Waals surface area contributed by atoms with Crippen molar-refractivity contribution in [2.24, 2.45) is 0 Å². The fourth-order valence-corrected chi connectivity index (χ4v) is 2.89. The molecular formula is C17H12Cl2N2O3. The lowest BCUT2D eigenvalue weighted by Crippen LogP contribution is -2.27. The first kappa shape index (κ1) is 16.5. The molecule has 0 bridgehead atoms. The zero-order valence-electron chi connectivity index (χ0n) is 12.6. The molecule has 0 N–H and O–H groups in total. The first-order valence-electron chi connectivity index (χ1n) is 7.16. The molecular weight excluding hydrogens is 351 g/mol. The van der Waals surface area contributed by atoms with Gasteiger partial charge in [0.05, 0.1) is 23.2 Å². The van der Waals surface area contributed by atoms with E-state index in [9.17, 15) is 9.59 Å². The molecule has 0 aliphatic heterocycles. The van der Waals surface area contributed by atoms with Crippen molar-refractivity contribution in [1.29, 1.82) is 0 Å². The van der Waals surface area contributed by atoms with Crippen LogP contribution in [-0.2, 0) is 4.74 Å². The van der Waals surface area contributed by atoms with E-state index in [4.69, 9.17) is 27.9 Å². The number of nitrogens with zero attached hydrogens (tertiary/aromatic N) is 2. The van der Waals surface area contributed by atoms with Crippen LogP contribution in [0.25, 0.3) is 16.6 Å². The van der Waals surface area contributed by atoms with Crippen molar-refractivity contribution in [1.82, 2.24) is 9.55 Å². The number of fused-ring (bicyclic) bond motifs is 1. The second-order valence-corrected chi connectivity index (χ2v) is 5.81. The SMILES string of the molecule is CCOC(=O)c1nc2ccccc2c(=O)n1-c1cc(Cl)cc(Cl)c1. The number of rotatable bonds is 3. The van der Waals surface area contributed by atoms with Gasteiger partial charge in [-0.05, 0) is 37.3 Å². The van der Waals surface area contributed by atoms with Crippen LogP contribution in [0.5, 0.6) is 0 Å². The molecule has 0 spiro atoms. The van der Waals surface area contributed by atoms with Crippen molar-refractivity contribution in [3.05, 3.63) is 68.7 Å². The fourth-order valence-electron chi connectivity index (χ4n) is 2.37. The van der Waals surface area contributed by atoms with Gasteiger partial charge in [0.15, 0.2) is 0 Å². The van der Waals surface area contributed by atoms with E-state index in [0.29, 0.717) is 26.6 Å². The number of esters is 1. The van der Waals surface area contributed by atoms with Crippen molar-refractivity contribution in [2.45, 2.75) is 6.92 Å². The molecule has 0 unspecified atom stereocenters. The molecule has 0 saturated heterocycles. The van der Waals surface area contributed by atoms with Crippen LogP contribution in [0.15, 0.2) is 47.3 Å². The lowest BCUT2D eigenvalue weighted by molar-refractivity contribution is 0.0508. The second kappa shape index (κ2) is 6.63. The van der Waals surface area contributed by atoms with E-state index < -0.39 is 11.5 Å². The Morgan fingerprint density at radius 2 is 1.83 bits per heavy atom. The Labute approximate surface area is 147 Å². The van der Waals surface area contributed by atoms with Gasteiger partial charge in [-0.3, -0.25) is 9.36 Å². The van der Waals surface area contributed by atoms with Crippen molar-refractivity contribution >= 4 is 40.1 Å². The van der Waals surface area contributed by atoms with E-state index in [2.05, 4.69) is 4.98 Å². The Morgan fingerprint density at radius 3 is 2.50 bits per heavy atom. The molecule has 0 atom stereocenters. The summed E-state index contributed by atoms with van der Waals surface area (Å²) >= 11 is 12.1. The monoisotopic (exact) mass is 362 g/mol. The minimum absolute atomic E-state index is 0.126. The Bertz CT molecular complexity index is 979. The molecule has 1 aromatic heterocycles. The number of hydrogen-bond donors (Lipinski definition) is 0. The largest absolute Gasteiger partial charge is 0.460 e. The highest BCUT2D eigenvalue weighted by molar-refractivity contribution is 6.34. The molecule has 0 aliphatic rings. The summed E-state index contributed by atoms with van der Waals surface area (Å²) in [4.78, 5) is 29.5. The molecule has 3 rings (SSSR count). The summed E-state index contributed by atoms with van der Waals surface area (Å²) in [5.41, 5.74) is 0.357. The third-order valence-electron chi connectivity index (χ3n) is 3.34. The Morgan fingerprint density at radius 1 is 1.17 bits per heavy atom. The first-order valence-corrected chi connectivity index (χ1v) is 7.92. The van der Waals surface area contributed by atoms with Gasteiger partial charge in [-0.25, -0.2) is 9.78 Å². The highest BCUT2D eigenvalue weighted by Crippen LogP contribution is 2.22. The van der Waals surface area contributed by atoms with Crippen LogP contribution in [0.4, 0.5) is 0 Å². The van der Waals surface area contributed by atoms with Gasteiger partial charge in [-0.15, -0.1) is 0 Å². The molecule has 0 aliphatic carbocycles. The van der Waals surface area contributed by atoms with Gasteiger partial charge in [0.2, 0.25) is 5.82 Å². The van der Waals surface area contributed by atoms with E-state index in [-0.39, 0.29) is 12.4 Å². The summed E-state index contributed by atoms with van der Waals surface area (Å²) in [5, 5.41) is 1.06. The normalized spacial score (nSPS) is 10.8. The number of ether oxygens (including phenoxy) is 1. The summed E-state index contributed by atoms with van der Waals surface area (Å²) in [6.45, 7) is 1.84. The van der Waals surface area contributed by atoms with Crippen molar-refractivity contribution in [3.63, 3.8) is 0 Å². The zero-order chi connectivity index (χ0) is 17.3. The predicted octanol–water partition coefficient (Wildman–Crippen LogP) is 3.87. The summed E-state index contributed by atoms with van der Waals surface area (Å²) < 4.78 is 6.19. The number of halogens is 2. The summed E-state index contributed by atoms with van der Waals surface area (Å²) in [5.74, 6) is -0.824. The molecule has 0 radical (unpaired) electrons. The van der Waals surface area contributed by atoms with Crippen LogP contribution < -0.4 is 5.56 Å². The molecule has 122 valence electrons. The Balaban J connectivity index is 2.39. The van der Waals surface area contributed by atoms with Crippen LogP contribution in [0.3, 0.4) is 0 Å². The predicted molar refractivity (Wildman–Crippen MR) is 93.3 cm³/mol. The van der Waals surface area contributed by atoms with Crippen LogP contribution >= 0.6 is 23.2 Å². The van der Waals surface area contributed by atoms with Gasteiger partial charge in [0, 0.05) is 10.0 Å². The van der Waals surface area contributed by atoms with Crippen LogP contribution in [-0.4, -0.2) is 22.1 Å². The minimum Gasteiger partial charge on any atom is -0.460 e. The summed E-state index contributed by atoms with van der Waals surface area (Å²) in [7, 11) is 0. The lowest BCUT2D eigenvalue weighted by Gasteiger charge is -2.13. The summed E-state index contributed by atoms with van der Waals surface area (Å²) in [6, 6.07) is 11.4. The number of aromatic nitrogens is 2. The fraction of sp³-hybridized carbons (Fsp3) is 0.118. The molecule has 0 amide bonds. The van der Waals surface area contributed by atoms with Crippen LogP contribution in [0, 0.1) is 0 Å². The number of benzene rings is 2. The maximum atomic E-state index is 12.9. The number of carbonyl (C=O) groups is 1. The van der Waals surface area contributed by atoms with E-state index in [1.165, 1.54) is 18.2 Å². The molecule has 2 aromatic carbocycles. The third kappa shape index (κ3) is 3.00. The smallest absolute Gasteiger partial charge is 0.375 e. The van der Waals surface area contributed by atoms with E-state index in [0.717, 1.165) is 4.57 Å². The molecule has 0 saturated carbocycles. The number of carbonyl (C=O) groups excluding carboxylic acids is 1. The van der Waals surface area contributed by atoms with Crippen LogP contribution in [0.2, 0.25) is 10.0 Å². The highest BCUT2D eigenvalue weighted by atomic mass is 35.5. The van der Waals surface area contributed by atoms with Crippen molar-refractivity contribution in [3.8, 4) is 5.69 Å². The average molecular weight is 363 g/mol. The highest BCUT2D eigenvalue weighted by Gasteiger charge is 2.20. The molecule has 1 heterocycles. The number of hydrogen-bond acceptors (Lipinski definition) is 4. The Kier molecular flexibility index (Phi) is 4.55. The minimum atomic E-state index is -0.698. The molecule has 3 aromatic rings. The Hall–Kier alpha value is -2.37. The van der Waals surface area contributed by atoms with Gasteiger partial charge < -0.3 is 4.74 Å². The molecule has 0 fully saturated rings. The molecule has 5 nitrogen and oxygen atoms in total. The topological polar surface area (TPSA) is 61.2 Å². The maximum Gasteiger partial charge on any atom is 0.375 e. The zero-order valence-corrected chi connectivity index (χ0v) is 14.1. The average Bonchev–Trinajstić information content (AvgIpc) is 2.54. The van der Waals surface area contributed by atoms with Gasteiger partial charge >= 0.3 is 5.97 Å². The standard InChI is InChI=1S/C17H12Cl2N2O3/c1-2-24-17(23)15-20-14-6-4-3-5-13(14)16(22)21(15)12-8-10(18)7-11(19)9-12/h3-9H,2H2,1H3. The molecule has 24 heavy (non-hydrogen) atoms. The van der Waals surface area contributed by atoms with E-state index >= 15 is 0 Å². The first-order chi connectivity index (χ1) is 11.5. The van der Waals surface area contributed by atoms with Crippen molar-refractivity contribution in [2.75, 3.05) is 6.61 Å². The van der Waals surface area contributed by atoms with E-state index in [1.807, 2.05) is 0 Å². The third-order valence-corrected chi connectivity index (χ3v) is 3.78. The number of para-hydroxylation sites is 1. The van der Waals surface area contributed by atoms with E-state index in [1.54, 1.807) is 31.2 Å². The van der Waals surface area contributed by atoms with Crippen molar-refractivity contribution < 1.29 is 9.53 Å².